The van der Waals surface area contributed by atoms with Crippen LogP contribution in [-0.2, 0) is 13.6 Å². The van der Waals surface area contributed by atoms with Gasteiger partial charge >= 0.3 is 0 Å². The van der Waals surface area contributed by atoms with Gasteiger partial charge in [0.25, 0.3) is 5.91 Å². The molecule has 3 aromatic rings. The predicted octanol–water partition coefficient (Wildman–Crippen LogP) is 1.65. The minimum Gasteiger partial charge on any atom is -0.346 e. The summed E-state index contributed by atoms with van der Waals surface area (Å²) in [6.07, 6.45) is 5.31. The molecule has 0 aromatic carbocycles. The molecule has 6 nitrogen and oxygen atoms in total. The number of hydrogen-bond acceptors (Lipinski definition) is 3. The number of amides is 1. The second kappa shape index (κ2) is 4.97. The number of pyridine rings is 1. The van der Waals surface area contributed by atoms with Crippen LogP contribution in [0.4, 0.5) is 0 Å². The molecule has 0 atom stereocenters. The Morgan fingerprint density at radius 1 is 1.45 bits per heavy atom. The number of hydrogen-bond donors (Lipinski definition) is 1. The number of carbonyl (C=O) groups is 1. The average Bonchev–Trinajstić information content (AvgIpc) is 2.98. The number of halogens is 1. The number of imidazole rings is 1. The number of aryl methyl sites for hydroxylation is 1. The molecule has 7 heteroatoms. The fourth-order valence-electron chi connectivity index (χ4n) is 2.00. The Labute approximate surface area is 120 Å². The lowest BCUT2D eigenvalue weighted by atomic mass is 10.3. The van der Waals surface area contributed by atoms with E-state index in [1.165, 1.54) is 0 Å². The smallest absolute Gasteiger partial charge is 0.271 e. The van der Waals surface area contributed by atoms with E-state index in [-0.39, 0.29) is 11.1 Å². The summed E-state index contributed by atoms with van der Waals surface area (Å²) in [5.41, 5.74) is 1.90. The lowest BCUT2D eigenvalue weighted by Gasteiger charge is -2.03. The summed E-state index contributed by atoms with van der Waals surface area (Å²) in [5.74, 6) is -0.266. The summed E-state index contributed by atoms with van der Waals surface area (Å²) in [4.78, 5) is 16.4. The lowest BCUT2D eigenvalue weighted by Crippen LogP contribution is -2.24. The normalized spacial score (nSPS) is 10.9. The van der Waals surface area contributed by atoms with E-state index in [4.69, 9.17) is 11.6 Å². The van der Waals surface area contributed by atoms with Gasteiger partial charge in [0.05, 0.1) is 6.20 Å². The largest absolute Gasteiger partial charge is 0.346 e. The average molecular weight is 290 g/mol. The molecule has 20 heavy (non-hydrogen) atoms. The van der Waals surface area contributed by atoms with Crippen LogP contribution in [0.25, 0.3) is 5.65 Å². The highest BCUT2D eigenvalue weighted by molar-refractivity contribution is 6.32. The van der Waals surface area contributed by atoms with Gasteiger partial charge in [0.1, 0.15) is 5.65 Å². The Morgan fingerprint density at radius 3 is 3.05 bits per heavy atom. The Balaban J connectivity index is 1.83. The van der Waals surface area contributed by atoms with E-state index < -0.39 is 0 Å². The van der Waals surface area contributed by atoms with Crippen LogP contribution in [0.1, 0.15) is 16.1 Å². The summed E-state index contributed by atoms with van der Waals surface area (Å²) in [7, 11) is 1.83. The van der Waals surface area contributed by atoms with E-state index in [1.54, 1.807) is 27.5 Å². The van der Waals surface area contributed by atoms with Crippen molar-refractivity contribution in [2.45, 2.75) is 6.54 Å². The van der Waals surface area contributed by atoms with Crippen LogP contribution in [0.2, 0.25) is 5.15 Å². The molecule has 0 aliphatic heterocycles. The highest BCUT2D eigenvalue weighted by Gasteiger charge is 2.17. The van der Waals surface area contributed by atoms with E-state index >= 15 is 0 Å². The van der Waals surface area contributed by atoms with Crippen LogP contribution in [0, 0.1) is 0 Å². The molecule has 0 aliphatic rings. The van der Waals surface area contributed by atoms with Crippen molar-refractivity contribution < 1.29 is 4.79 Å². The minimum absolute atomic E-state index is 0.194. The van der Waals surface area contributed by atoms with Crippen molar-refractivity contribution in [1.82, 2.24) is 24.5 Å². The van der Waals surface area contributed by atoms with Gasteiger partial charge in [-0.1, -0.05) is 17.7 Å². The lowest BCUT2D eigenvalue weighted by molar-refractivity contribution is 0.0945. The Bertz CT molecular complexity index is 776. The van der Waals surface area contributed by atoms with Crippen molar-refractivity contribution >= 4 is 23.2 Å². The summed E-state index contributed by atoms with van der Waals surface area (Å²) in [6, 6.07) is 5.46. The molecular formula is C13H12ClN5O. The molecule has 3 heterocycles. The maximum absolute atomic E-state index is 12.2. The van der Waals surface area contributed by atoms with Gasteiger partial charge in [0.15, 0.2) is 10.8 Å². The van der Waals surface area contributed by atoms with E-state index in [9.17, 15) is 4.79 Å². The Morgan fingerprint density at radius 2 is 2.30 bits per heavy atom. The standard InChI is InChI=1S/C13H12ClN5O/c1-18-8-9(7-16-18)6-15-13(20)11-12(14)17-10-4-2-3-5-19(10)11/h2-5,7-8H,6H2,1H3,(H,15,20). The van der Waals surface area contributed by atoms with Gasteiger partial charge in [0.2, 0.25) is 0 Å². The molecule has 1 N–H and O–H groups in total. The van der Waals surface area contributed by atoms with Crippen LogP contribution in [0.5, 0.6) is 0 Å². The van der Waals surface area contributed by atoms with Gasteiger partial charge in [-0.25, -0.2) is 4.98 Å². The predicted molar refractivity (Wildman–Crippen MR) is 74.6 cm³/mol. The summed E-state index contributed by atoms with van der Waals surface area (Å²) < 4.78 is 3.35. The SMILES string of the molecule is Cn1cc(CNC(=O)c2c(Cl)nc3ccccn23)cn1. The van der Waals surface area contributed by atoms with Crippen molar-refractivity contribution in [3.63, 3.8) is 0 Å². The quantitative estimate of drug-likeness (QED) is 0.797. The fourth-order valence-corrected chi connectivity index (χ4v) is 2.26. The zero-order chi connectivity index (χ0) is 14.1. The molecule has 0 fully saturated rings. The third kappa shape index (κ3) is 2.25. The van der Waals surface area contributed by atoms with Crippen molar-refractivity contribution in [3.8, 4) is 0 Å². The third-order valence-electron chi connectivity index (χ3n) is 2.91. The third-order valence-corrected chi connectivity index (χ3v) is 3.18. The molecular weight excluding hydrogens is 278 g/mol. The highest BCUT2D eigenvalue weighted by Crippen LogP contribution is 2.17. The molecule has 1 amide bonds. The van der Waals surface area contributed by atoms with Crippen molar-refractivity contribution in [3.05, 3.63) is 53.2 Å². The molecule has 0 saturated carbocycles. The second-order valence-corrected chi connectivity index (χ2v) is 4.74. The van der Waals surface area contributed by atoms with Crippen LogP contribution < -0.4 is 5.32 Å². The zero-order valence-corrected chi connectivity index (χ0v) is 11.5. The van der Waals surface area contributed by atoms with Gasteiger partial charge in [-0.2, -0.15) is 5.10 Å². The monoisotopic (exact) mass is 289 g/mol. The first kappa shape index (κ1) is 12.7. The van der Waals surface area contributed by atoms with Gasteiger partial charge in [0, 0.05) is 31.5 Å². The fraction of sp³-hybridized carbons (Fsp3) is 0.154. The van der Waals surface area contributed by atoms with Crippen LogP contribution >= 0.6 is 11.6 Å². The van der Waals surface area contributed by atoms with Gasteiger partial charge in [-0.15, -0.1) is 0 Å². The molecule has 0 radical (unpaired) electrons. The summed E-state index contributed by atoms with van der Waals surface area (Å²) >= 11 is 6.04. The first-order valence-electron chi connectivity index (χ1n) is 6.03. The van der Waals surface area contributed by atoms with E-state index in [0.29, 0.717) is 17.9 Å². The molecule has 0 unspecified atom stereocenters. The first-order chi connectivity index (χ1) is 9.65. The van der Waals surface area contributed by atoms with Gasteiger partial charge < -0.3 is 5.32 Å². The molecule has 0 bridgehead atoms. The van der Waals surface area contributed by atoms with E-state index in [1.807, 2.05) is 25.4 Å². The van der Waals surface area contributed by atoms with Crippen molar-refractivity contribution in [2.24, 2.45) is 7.05 Å². The number of carbonyl (C=O) groups excluding carboxylic acids is 1. The molecule has 3 aromatic heterocycles. The van der Waals surface area contributed by atoms with Crippen LogP contribution in [0.15, 0.2) is 36.8 Å². The van der Waals surface area contributed by atoms with Gasteiger partial charge in [-0.3, -0.25) is 13.9 Å². The highest BCUT2D eigenvalue weighted by atomic mass is 35.5. The minimum atomic E-state index is -0.266. The van der Waals surface area contributed by atoms with E-state index in [2.05, 4.69) is 15.4 Å². The Kier molecular flexibility index (Phi) is 3.15. The van der Waals surface area contributed by atoms with Crippen molar-refractivity contribution in [2.75, 3.05) is 0 Å². The maximum atomic E-state index is 12.2. The second-order valence-electron chi connectivity index (χ2n) is 4.38. The first-order valence-corrected chi connectivity index (χ1v) is 6.41. The molecule has 0 aliphatic carbocycles. The molecule has 0 spiro atoms. The topological polar surface area (TPSA) is 64.2 Å². The number of aromatic nitrogens is 4. The maximum Gasteiger partial charge on any atom is 0.271 e. The van der Waals surface area contributed by atoms with Gasteiger partial charge in [-0.05, 0) is 12.1 Å². The molecule has 0 saturated heterocycles. The Hall–Kier alpha value is -2.34. The number of fused-ring (bicyclic) bond motifs is 1. The summed E-state index contributed by atoms with van der Waals surface area (Å²) in [6.45, 7) is 0.392. The number of rotatable bonds is 3. The van der Waals surface area contributed by atoms with E-state index in [0.717, 1.165) is 5.56 Å². The zero-order valence-electron chi connectivity index (χ0n) is 10.7. The number of nitrogens with one attached hydrogen (secondary N) is 1. The van der Waals surface area contributed by atoms with Crippen LogP contribution in [0.3, 0.4) is 0 Å². The van der Waals surface area contributed by atoms with Crippen LogP contribution in [-0.4, -0.2) is 25.1 Å². The number of nitrogens with zero attached hydrogens (tertiary/aromatic N) is 4. The molecule has 102 valence electrons. The van der Waals surface area contributed by atoms with Crippen molar-refractivity contribution in [1.29, 1.82) is 0 Å². The molecule has 3 rings (SSSR count). The summed E-state index contributed by atoms with van der Waals surface area (Å²) in [5, 5.41) is 7.05.